The minimum atomic E-state index is -0.698. The summed E-state index contributed by atoms with van der Waals surface area (Å²) in [6.07, 6.45) is 22.9. The van der Waals surface area contributed by atoms with E-state index < -0.39 is 10.0 Å². The van der Waals surface area contributed by atoms with Crippen LogP contribution >= 0.6 is 10.0 Å². The molecule has 0 saturated heterocycles. The maximum absolute atomic E-state index is 5.81. The molecule has 0 N–H and O–H groups in total. The predicted molar refractivity (Wildman–Crippen MR) is 131 cm³/mol. The Bertz CT molecular complexity index is 1020. The molecule has 1 aliphatic carbocycles. The van der Waals surface area contributed by atoms with Crippen molar-refractivity contribution in [3.05, 3.63) is 89.7 Å². The van der Waals surface area contributed by atoms with Crippen molar-refractivity contribution in [2.24, 2.45) is 4.99 Å². The zero-order valence-electron chi connectivity index (χ0n) is 17.8. The highest BCUT2D eigenvalue weighted by Crippen LogP contribution is 2.45. The van der Waals surface area contributed by atoms with Crippen molar-refractivity contribution in [3.8, 4) is 23.5 Å². The van der Waals surface area contributed by atoms with Gasteiger partial charge in [-0.15, -0.1) is 6.42 Å². The van der Waals surface area contributed by atoms with Gasteiger partial charge in [0.25, 0.3) is 0 Å². The van der Waals surface area contributed by atoms with Gasteiger partial charge in [-0.1, -0.05) is 67.6 Å². The molecule has 2 aromatic rings. The van der Waals surface area contributed by atoms with Crippen molar-refractivity contribution in [2.75, 3.05) is 18.8 Å². The average molecular weight is 400 g/mol. The Morgan fingerprint density at radius 2 is 1.59 bits per heavy atom. The molecule has 0 heterocycles. The van der Waals surface area contributed by atoms with Crippen LogP contribution in [0.15, 0.2) is 94.0 Å². The lowest BCUT2D eigenvalue weighted by atomic mass is 10.0. The maximum Gasteiger partial charge on any atom is 0.120 e. The van der Waals surface area contributed by atoms with Gasteiger partial charge in [0, 0.05) is 11.3 Å². The van der Waals surface area contributed by atoms with Gasteiger partial charge in [0.2, 0.25) is 0 Å². The summed E-state index contributed by atoms with van der Waals surface area (Å²) in [6, 6.07) is 17.3. The molecule has 148 valence electrons. The lowest BCUT2D eigenvalue weighted by molar-refractivity contribution is 1.02. The van der Waals surface area contributed by atoms with Crippen molar-refractivity contribution in [1.82, 2.24) is 0 Å². The Hall–Kier alpha value is -2.76. The van der Waals surface area contributed by atoms with Crippen LogP contribution in [0.2, 0.25) is 0 Å². The summed E-state index contributed by atoms with van der Waals surface area (Å²) in [5.74, 6) is 2.78. The molecule has 0 spiro atoms. The van der Waals surface area contributed by atoms with E-state index in [-0.39, 0.29) is 0 Å². The first kappa shape index (κ1) is 21.0. The molecule has 0 aromatic heterocycles. The number of aliphatic imine (C=N–C) groups is 1. The van der Waals surface area contributed by atoms with E-state index in [0.29, 0.717) is 5.71 Å². The lowest BCUT2D eigenvalue weighted by Gasteiger charge is -2.25. The summed E-state index contributed by atoms with van der Waals surface area (Å²) in [6.45, 7) is 2.12. The van der Waals surface area contributed by atoms with Crippen molar-refractivity contribution in [2.45, 2.75) is 24.7 Å². The van der Waals surface area contributed by atoms with Gasteiger partial charge in [0.15, 0.2) is 0 Å². The van der Waals surface area contributed by atoms with Crippen LogP contribution in [0.5, 0.6) is 0 Å². The van der Waals surface area contributed by atoms with Crippen molar-refractivity contribution in [1.29, 1.82) is 0 Å². The first-order valence-corrected chi connectivity index (χ1v) is 12.8. The zero-order chi connectivity index (χ0) is 20.9. The number of rotatable bonds is 5. The minimum Gasteiger partial charge on any atom is -0.243 e. The Balaban J connectivity index is 1.87. The quantitative estimate of drug-likeness (QED) is 0.379. The summed E-state index contributed by atoms with van der Waals surface area (Å²) in [5, 5.41) is 0. The van der Waals surface area contributed by atoms with E-state index in [2.05, 4.69) is 104 Å². The maximum atomic E-state index is 5.81. The van der Waals surface area contributed by atoms with Gasteiger partial charge in [-0.3, -0.25) is 0 Å². The normalized spacial score (nSPS) is 16.4. The van der Waals surface area contributed by atoms with Gasteiger partial charge in [-0.2, -0.15) is 0 Å². The fourth-order valence-electron chi connectivity index (χ4n) is 3.30. The van der Waals surface area contributed by atoms with Crippen LogP contribution in [0.4, 0.5) is 0 Å². The summed E-state index contributed by atoms with van der Waals surface area (Å²) in [5.41, 5.74) is 6.38. The van der Waals surface area contributed by atoms with Gasteiger partial charge in [-0.05, 0) is 71.3 Å². The third-order valence-corrected chi connectivity index (χ3v) is 6.71. The van der Waals surface area contributed by atoms with E-state index >= 15 is 0 Å². The number of allylic oxidation sites excluding steroid dienone is 6. The fourth-order valence-corrected chi connectivity index (χ4v) is 4.25. The Kier molecular flexibility index (Phi) is 6.62. The van der Waals surface area contributed by atoms with E-state index in [9.17, 15) is 0 Å². The molecule has 2 heteroatoms. The highest BCUT2D eigenvalue weighted by Gasteiger charge is 2.09. The second kappa shape index (κ2) is 9.16. The number of hydrogen-bond donors (Lipinski definition) is 0. The number of hydrogen-bond acceptors (Lipinski definition) is 1. The third-order valence-electron chi connectivity index (χ3n) is 5.02. The lowest BCUT2D eigenvalue weighted by Crippen LogP contribution is -2.00. The molecule has 0 bridgehead atoms. The molecule has 0 amide bonds. The molecular formula is C27H29NS. The van der Waals surface area contributed by atoms with Gasteiger partial charge in [-0.25, -0.2) is 15.0 Å². The van der Waals surface area contributed by atoms with Crippen LogP contribution in [-0.2, 0) is 0 Å². The van der Waals surface area contributed by atoms with Crippen LogP contribution in [0.1, 0.15) is 25.3 Å². The SMILES string of the molecule is C#CC(=N/C(CC)=C1/C=CC=CC1)c1ccc(-c2ccc(S(C)(C)C)cc2)cc1. The Morgan fingerprint density at radius 3 is 2.07 bits per heavy atom. The van der Waals surface area contributed by atoms with Crippen LogP contribution in [0.25, 0.3) is 11.1 Å². The smallest absolute Gasteiger partial charge is 0.120 e. The second-order valence-corrected chi connectivity index (χ2v) is 12.0. The number of benzene rings is 2. The molecule has 0 atom stereocenters. The summed E-state index contributed by atoms with van der Waals surface area (Å²) in [4.78, 5) is 6.25. The summed E-state index contributed by atoms with van der Waals surface area (Å²) < 4.78 is 0. The highest BCUT2D eigenvalue weighted by molar-refractivity contribution is 8.32. The van der Waals surface area contributed by atoms with Crippen molar-refractivity contribution >= 4 is 15.7 Å². The van der Waals surface area contributed by atoms with E-state index in [1.54, 1.807) is 0 Å². The molecule has 3 rings (SSSR count). The highest BCUT2D eigenvalue weighted by atomic mass is 32.3. The van der Waals surface area contributed by atoms with Gasteiger partial charge in [0.1, 0.15) is 5.71 Å². The van der Waals surface area contributed by atoms with Crippen LogP contribution in [0, 0.1) is 12.3 Å². The van der Waals surface area contributed by atoms with E-state index in [0.717, 1.165) is 24.1 Å². The van der Waals surface area contributed by atoms with Crippen molar-refractivity contribution in [3.63, 3.8) is 0 Å². The Morgan fingerprint density at radius 1 is 0.966 bits per heavy atom. The van der Waals surface area contributed by atoms with E-state index in [4.69, 9.17) is 11.4 Å². The number of terminal acetylenes is 1. The van der Waals surface area contributed by atoms with Crippen LogP contribution in [0.3, 0.4) is 0 Å². The Labute approximate surface area is 177 Å². The van der Waals surface area contributed by atoms with Crippen LogP contribution in [-0.4, -0.2) is 24.5 Å². The first-order chi connectivity index (χ1) is 13.9. The summed E-state index contributed by atoms with van der Waals surface area (Å²) in [7, 11) is -0.698. The van der Waals surface area contributed by atoms with Gasteiger partial charge < -0.3 is 0 Å². The van der Waals surface area contributed by atoms with E-state index in [1.807, 2.05) is 0 Å². The molecule has 0 fully saturated rings. The number of nitrogens with zero attached hydrogens (tertiary/aromatic N) is 1. The topological polar surface area (TPSA) is 12.4 Å². The molecule has 2 aromatic carbocycles. The molecule has 0 aliphatic heterocycles. The predicted octanol–water partition coefficient (Wildman–Crippen LogP) is 7.01. The van der Waals surface area contributed by atoms with Crippen molar-refractivity contribution < 1.29 is 0 Å². The minimum absolute atomic E-state index is 0.690. The molecule has 0 radical (unpaired) electrons. The molecule has 0 unspecified atom stereocenters. The van der Waals surface area contributed by atoms with Gasteiger partial charge in [0.05, 0.1) is 0 Å². The monoisotopic (exact) mass is 399 g/mol. The molecule has 0 saturated carbocycles. The molecule has 29 heavy (non-hydrogen) atoms. The average Bonchev–Trinajstić information content (AvgIpc) is 2.75. The standard InChI is InChI=1S/C27H29NS/c1-6-26(23-11-9-8-10-12-23)28-27(7-2)24-15-13-21(14-16-24)22-17-19-25(20-18-22)29(3,4)5/h2,8-11,13-20H,6,12H2,1,3-5H3/b26-23-,28-27?. The largest absolute Gasteiger partial charge is 0.243 e. The van der Waals surface area contributed by atoms with Crippen LogP contribution < -0.4 is 0 Å². The summed E-state index contributed by atoms with van der Waals surface area (Å²) >= 11 is 0. The first-order valence-electron chi connectivity index (χ1n) is 9.92. The van der Waals surface area contributed by atoms with E-state index in [1.165, 1.54) is 21.6 Å². The zero-order valence-corrected chi connectivity index (χ0v) is 18.6. The second-order valence-electron chi connectivity index (χ2n) is 7.86. The molecule has 1 nitrogen and oxygen atoms in total. The molecular weight excluding hydrogens is 370 g/mol. The third kappa shape index (κ3) is 5.19. The fraction of sp³-hybridized carbons (Fsp3) is 0.222. The van der Waals surface area contributed by atoms with Gasteiger partial charge >= 0.3 is 0 Å². The molecule has 1 aliphatic rings.